The number of aliphatic hydroxyl groups excluding tert-OH is 1. The zero-order valence-electron chi connectivity index (χ0n) is 13.3. The van der Waals surface area contributed by atoms with Crippen molar-refractivity contribution in [1.29, 1.82) is 0 Å². The lowest BCUT2D eigenvalue weighted by Crippen LogP contribution is -2.38. The Kier molecular flexibility index (Phi) is 6.79. The maximum Gasteiger partial charge on any atom is 0.333 e. The number of ether oxygens (including phenoxy) is 1. The summed E-state index contributed by atoms with van der Waals surface area (Å²) in [6.45, 7) is 8.75. The molecule has 0 aliphatic rings. The number of ketones is 1. The minimum absolute atomic E-state index is 0.00768. The number of anilines is 1. The second kappa shape index (κ2) is 8.34. The molecule has 0 heterocycles. The van der Waals surface area contributed by atoms with E-state index in [1.807, 2.05) is 31.2 Å². The van der Waals surface area contributed by atoms with Crippen LogP contribution >= 0.6 is 0 Å². The molecule has 0 radical (unpaired) electrons. The summed E-state index contributed by atoms with van der Waals surface area (Å²) in [4.78, 5) is 24.5. The summed E-state index contributed by atoms with van der Waals surface area (Å²) in [6.07, 6.45) is -0.885. The summed E-state index contributed by atoms with van der Waals surface area (Å²) < 4.78 is 4.93. The molecule has 0 fully saturated rings. The smallest absolute Gasteiger partial charge is 0.333 e. The largest absolute Gasteiger partial charge is 0.460 e. The van der Waals surface area contributed by atoms with Gasteiger partial charge in [0.15, 0.2) is 0 Å². The summed E-state index contributed by atoms with van der Waals surface area (Å²) in [5, 5.41) is 10.0. The van der Waals surface area contributed by atoms with Crippen LogP contribution in [0.15, 0.2) is 36.4 Å². The van der Waals surface area contributed by atoms with Crippen LogP contribution in [0.4, 0.5) is 5.69 Å². The van der Waals surface area contributed by atoms with Gasteiger partial charge in [0.25, 0.3) is 0 Å². The number of hydrogen-bond donors (Lipinski definition) is 1. The SMILES string of the molecule is C=C(C)C(=O)OCC(O)CN(CC(C)=O)c1ccc(C)cc1. The predicted molar refractivity (Wildman–Crippen MR) is 85.9 cm³/mol. The van der Waals surface area contributed by atoms with Crippen molar-refractivity contribution in [3.8, 4) is 0 Å². The molecular formula is C17H23NO4. The van der Waals surface area contributed by atoms with E-state index >= 15 is 0 Å². The highest BCUT2D eigenvalue weighted by molar-refractivity contribution is 5.86. The molecule has 0 aromatic heterocycles. The number of benzene rings is 1. The van der Waals surface area contributed by atoms with E-state index in [4.69, 9.17) is 4.74 Å². The molecule has 0 saturated carbocycles. The first kappa shape index (κ1) is 17.9. The van der Waals surface area contributed by atoms with Crippen LogP contribution in [0.25, 0.3) is 0 Å². The minimum atomic E-state index is -0.885. The van der Waals surface area contributed by atoms with E-state index < -0.39 is 12.1 Å². The van der Waals surface area contributed by atoms with Gasteiger partial charge in [-0.05, 0) is 32.9 Å². The Balaban J connectivity index is 2.68. The molecule has 0 aliphatic carbocycles. The van der Waals surface area contributed by atoms with Crippen LogP contribution in [0.2, 0.25) is 0 Å². The Bertz CT molecular complexity index is 536. The number of aliphatic hydroxyl groups is 1. The molecule has 5 nitrogen and oxygen atoms in total. The van der Waals surface area contributed by atoms with Gasteiger partial charge >= 0.3 is 5.97 Å². The number of nitrogens with zero attached hydrogens (tertiary/aromatic N) is 1. The predicted octanol–water partition coefficient (Wildman–Crippen LogP) is 1.87. The molecule has 0 spiro atoms. The quantitative estimate of drug-likeness (QED) is 0.586. The van der Waals surface area contributed by atoms with E-state index in [1.165, 1.54) is 6.92 Å². The Hall–Kier alpha value is -2.14. The summed E-state index contributed by atoms with van der Waals surface area (Å²) in [6, 6.07) is 7.67. The maximum atomic E-state index is 11.4. The fraction of sp³-hybridized carbons (Fsp3) is 0.412. The van der Waals surface area contributed by atoms with E-state index in [0.717, 1.165) is 11.3 Å². The van der Waals surface area contributed by atoms with Gasteiger partial charge in [-0.25, -0.2) is 4.79 Å². The second-order valence-corrected chi connectivity index (χ2v) is 5.45. The number of Topliss-reactive ketones (excluding diaryl/α,β-unsaturated/α-hetero) is 1. The van der Waals surface area contributed by atoms with Crippen molar-refractivity contribution in [3.05, 3.63) is 42.0 Å². The third-order valence-corrected chi connectivity index (χ3v) is 3.00. The second-order valence-electron chi connectivity index (χ2n) is 5.45. The van der Waals surface area contributed by atoms with Gasteiger partial charge in [0, 0.05) is 17.8 Å². The highest BCUT2D eigenvalue weighted by Gasteiger charge is 2.16. The molecule has 120 valence electrons. The van der Waals surface area contributed by atoms with Gasteiger partial charge in [-0.3, -0.25) is 4.79 Å². The minimum Gasteiger partial charge on any atom is -0.460 e. The molecule has 0 aliphatic heterocycles. The highest BCUT2D eigenvalue weighted by Crippen LogP contribution is 2.15. The van der Waals surface area contributed by atoms with Crippen molar-refractivity contribution >= 4 is 17.4 Å². The third-order valence-electron chi connectivity index (χ3n) is 3.00. The number of hydrogen-bond acceptors (Lipinski definition) is 5. The fourth-order valence-electron chi connectivity index (χ4n) is 1.89. The Morgan fingerprint density at radius 3 is 2.36 bits per heavy atom. The zero-order chi connectivity index (χ0) is 16.7. The van der Waals surface area contributed by atoms with Crippen LogP contribution in [-0.2, 0) is 14.3 Å². The molecule has 0 bridgehead atoms. The number of aryl methyl sites for hydroxylation is 1. The average molecular weight is 305 g/mol. The molecule has 1 unspecified atom stereocenters. The van der Waals surface area contributed by atoms with Crippen LogP contribution < -0.4 is 4.90 Å². The molecule has 22 heavy (non-hydrogen) atoms. The Morgan fingerprint density at radius 2 is 1.86 bits per heavy atom. The van der Waals surface area contributed by atoms with Crippen molar-refractivity contribution < 1.29 is 19.4 Å². The number of carbonyl (C=O) groups excluding carboxylic acids is 2. The lowest BCUT2D eigenvalue weighted by molar-refractivity contribution is -0.141. The number of carbonyl (C=O) groups is 2. The standard InChI is InChI=1S/C17H23NO4/c1-12(2)17(21)22-11-16(20)10-18(9-14(4)19)15-7-5-13(3)6-8-15/h5-8,16,20H,1,9-11H2,2-4H3. The van der Waals surface area contributed by atoms with E-state index in [2.05, 4.69) is 6.58 Å². The van der Waals surface area contributed by atoms with Crippen molar-refractivity contribution in [2.24, 2.45) is 0 Å². The van der Waals surface area contributed by atoms with Gasteiger partial charge in [0.2, 0.25) is 0 Å². The van der Waals surface area contributed by atoms with E-state index in [9.17, 15) is 14.7 Å². The van der Waals surface area contributed by atoms with E-state index in [-0.39, 0.29) is 31.1 Å². The first-order chi connectivity index (χ1) is 10.3. The summed E-state index contributed by atoms with van der Waals surface area (Å²) in [5.74, 6) is -0.542. The van der Waals surface area contributed by atoms with Gasteiger partial charge < -0.3 is 14.7 Å². The van der Waals surface area contributed by atoms with E-state index in [0.29, 0.717) is 0 Å². The van der Waals surface area contributed by atoms with Gasteiger partial charge in [-0.2, -0.15) is 0 Å². The van der Waals surface area contributed by atoms with Crippen LogP contribution in [0, 0.1) is 6.92 Å². The molecule has 1 atom stereocenters. The number of esters is 1. The van der Waals surface area contributed by atoms with Gasteiger partial charge in [0.05, 0.1) is 6.54 Å². The Labute approximate surface area is 131 Å². The number of rotatable bonds is 8. The lowest BCUT2D eigenvalue weighted by Gasteiger charge is -2.26. The molecule has 1 N–H and O–H groups in total. The molecule has 1 rings (SSSR count). The lowest BCUT2D eigenvalue weighted by atomic mass is 10.2. The molecular weight excluding hydrogens is 282 g/mol. The third kappa shape index (κ3) is 6.10. The van der Waals surface area contributed by atoms with Gasteiger partial charge in [-0.1, -0.05) is 24.3 Å². The van der Waals surface area contributed by atoms with Gasteiger partial charge in [-0.15, -0.1) is 0 Å². The molecule has 1 aromatic carbocycles. The Morgan fingerprint density at radius 1 is 1.27 bits per heavy atom. The average Bonchev–Trinajstić information content (AvgIpc) is 2.44. The normalized spacial score (nSPS) is 11.6. The summed E-state index contributed by atoms with van der Waals surface area (Å²) in [5.41, 5.74) is 2.24. The summed E-state index contributed by atoms with van der Waals surface area (Å²) in [7, 11) is 0. The highest BCUT2D eigenvalue weighted by atomic mass is 16.5. The first-order valence-corrected chi connectivity index (χ1v) is 7.11. The topological polar surface area (TPSA) is 66.8 Å². The van der Waals surface area contributed by atoms with Crippen LogP contribution in [0.5, 0.6) is 0 Å². The fourth-order valence-corrected chi connectivity index (χ4v) is 1.89. The van der Waals surface area contributed by atoms with Crippen molar-refractivity contribution in [2.75, 3.05) is 24.6 Å². The maximum absolute atomic E-state index is 11.4. The molecule has 0 saturated heterocycles. The summed E-state index contributed by atoms with van der Waals surface area (Å²) >= 11 is 0. The molecule has 0 amide bonds. The van der Waals surface area contributed by atoms with E-state index in [1.54, 1.807) is 11.8 Å². The first-order valence-electron chi connectivity index (χ1n) is 7.11. The van der Waals surface area contributed by atoms with Crippen LogP contribution in [-0.4, -0.2) is 42.7 Å². The molecule has 1 aromatic rings. The van der Waals surface area contributed by atoms with Crippen LogP contribution in [0.3, 0.4) is 0 Å². The van der Waals surface area contributed by atoms with Crippen molar-refractivity contribution in [2.45, 2.75) is 26.9 Å². The van der Waals surface area contributed by atoms with Crippen LogP contribution in [0.1, 0.15) is 19.4 Å². The molecule has 5 heteroatoms. The monoisotopic (exact) mass is 305 g/mol. The van der Waals surface area contributed by atoms with Crippen molar-refractivity contribution in [3.63, 3.8) is 0 Å². The zero-order valence-corrected chi connectivity index (χ0v) is 13.3. The van der Waals surface area contributed by atoms with Gasteiger partial charge in [0.1, 0.15) is 18.5 Å². The van der Waals surface area contributed by atoms with Crippen molar-refractivity contribution in [1.82, 2.24) is 0 Å².